The number of aromatic nitrogens is 3. The van der Waals surface area contributed by atoms with Gasteiger partial charge in [0.15, 0.2) is 0 Å². The van der Waals surface area contributed by atoms with Gasteiger partial charge >= 0.3 is 0 Å². The molecule has 30 heavy (non-hydrogen) atoms. The summed E-state index contributed by atoms with van der Waals surface area (Å²) in [5, 5.41) is 11.1. The summed E-state index contributed by atoms with van der Waals surface area (Å²) in [6.45, 7) is 3.35. The van der Waals surface area contributed by atoms with Crippen LogP contribution in [-0.2, 0) is 4.79 Å². The Hall–Kier alpha value is -3.22. The summed E-state index contributed by atoms with van der Waals surface area (Å²) in [6, 6.07) is 10.8. The lowest BCUT2D eigenvalue weighted by molar-refractivity contribution is -0.134. The van der Waals surface area contributed by atoms with E-state index in [2.05, 4.69) is 20.5 Å². The topological polar surface area (TPSA) is 91.0 Å². The quantitative estimate of drug-likeness (QED) is 0.700. The SMILES string of the molecule is C[C@H](NC(=O)c1ccc(-c2[nH]nc3ccccc23)nc1)C(=O)N1CCC2(CC1)CC2. The first-order valence-corrected chi connectivity index (χ1v) is 10.5. The molecule has 0 unspecified atom stereocenters. The summed E-state index contributed by atoms with van der Waals surface area (Å²) >= 11 is 0. The van der Waals surface area contributed by atoms with Gasteiger partial charge in [-0.05, 0) is 56.2 Å². The number of benzene rings is 1. The Morgan fingerprint density at radius 3 is 2.57 bits per heavy atom. The minimum Gasteiger partial charge on any atom is -0.341 e. The Bertz CT molecular complexity index is 1090. The van der Waals surface area contributed by atoms with Crippen molar-refractivity contribution >= 4 is 22.7 Å². The number of carbonyl (C=O) groups excluding carboxylic acids is 2. The van der Waals surface area contributed by atoms with Crippen molar-refractivity contribution in [2.45, 2.75) is 38.6 Å². The van der Waals surface area contributed by atoms with Gasteiger partial charge in [0.25, 0.3) is 5.91 Å². The van der Waals surface area contributed by atoms with E-state index in [-0.39, 0.29) is 11.8 Å². The second-order valence-corrected chi connectivity index (χ2v) is 8.57. The zero-order chi connectivity index (χ0) is 20.7. The number of likely N-dealkylation sites (tertiary alicyclic amines) is 1. The monoisotopic (exact) mass is 403 g/mol. The Morgan fingerprint density at radius 2 is 1.87 bits per heavy atom. The molecule has 2 N–H and O–H groups in total. The average Bonchev–Trinajstić information content (AvgIpc) is 3.39. The molecule has 1 atom stereocenters. The Kier molecular flexibility index (Phi) is 4.53. The van der Waals surface area contributed by atoms with Crippen molar-refractivity contribution in [3.8, 4) is 11.4 Å². The van der Waals surface area contributed by atoms with E-state index in [1.807, 2.05) is 29.2 Å². The van der Waals surface area contributed by atoms with Crippen molar-refractivity contribution < 1.29 is 9.59 Å². The third-order valence-electron chi connectivity index (χ3n) is 6.55. The van der Waals surface area contributed by atoms with Crippen LogP contribution in [0, 0.1) is 5.41 Å². The van der Waals surface area contributed by atoms with Gasteiger partial charge in [-0.15, -0.1) is 0 Å². The first-order chi connectivity index (χ1) is 14.5. The van der Waals surface area contributed by atoms with Crippen LogP contribution in [0.25, 0.3) is 22.3 Å². The molecule has 1 aliphatic heterocycles. The fraction of sp³-hybridized carbons (Fsp3) is 0.391. The summed E-state index contributed by atoms with van der Waals surface area (Å²) in [4.78, 5) is 31.7. The summed E-state index contributed by atoms with van der Waals surface area (Å²) in [5.41, 5.74) is 3.36. The number of H-pyrrole nitrogens is 1. The van der Waals surface area contributed by atoms with E-state index in [1.165, 1.54) is 19.0 Å². The number of pyridine rings is 1. The van der Waals surface area contributed by atoms with Crippen LogP contribution in [0.3, 0.4) is 0 Å². The minimum absolute atomic E-state index is 0.00707. The van der Waals surface area contributed by atoms with E-state index in [0.29, 0.717) is 16.7 Å². The molecular weight excluding hydrogens is 378 g/mol. The number of aromatic amines is 1. The molecule has 7 heteroatoms. The van der Waals surface area contributed by atoms with Crippen LogP contribution in [0.2, 0.25) is 0 Å². The normalized spacial score (nSPS) is 18.4. The van der Waals surface area contributed by atoms with Crippen LogP contribution in [0.15, 0.2) is 42.6 Å². The minimum atomic E-state index is -0.554. The summed E-state index contributed by atoms with van der Waals surface area (Å²) in [5.74, 6) is -0.299. The molecule has 1 saturated carbocycles. The maximum Gasteiger partial charge on any atom is 0.253 e. The van der Waals surface area contributed by atoms with Crippen LogP contribution in [-0.4, -0.2) is 51.0 Å². The molecular formula is C23H25N5O2. The highest BCUT2D eigenvalue weighted by atomic mass is 16.2. The van der Waals surface area contributed by atoms with Gasteiger partial charge in [-0.3, -0.25) is 19.7 Å². The van der Waals surface area contributed by atoms with Gasteiger partial charge in [0, 0.05) is 24.7 Å². The molecule has 5 rings (SSSR count). The van der Waals surface area contributed by atoms with Crippen molar-refractivity contribution in [1.82, 2.24) is 25.4 Å². The molecule has 2 amide bonds. The van der Waals surface area contributed by atoms with Crippen molar-refractivity contribution in [2.24, 2.45) is 5.41 Å². The van der Waals surface area contributed by atoms with Crippen molar-refractivity contribution in [3.05, 3.63) is 48.2 Å². The van der Waals surface area contributed by atoms with E-state index < -0.39 is 6.04 Å². The third kappa shape index (κ3) is 3.44. The van der Waals surface area contributed by atoms with Crippen LogP contribution < -0.4 is 5.32 Å². The number of amides is 2. The number of nitrogens with zero attached hydrogens (tertiary/aromatic N) is 3. The molecule has 3 heterocycles. The molecule has 2 aromatic heterocycles. The number of hydrogen-bond donors (Lipinski definition) is 2. The van der Waals surface area contributed by atoms with E-state index in [9.17, 15) is 9.59 Å². The zero-order valence-corrected chi connectivity index (χ0v) is 17.0. The fourth-order valence-electron chi connectivity index (χ4n) is 4.32. The summed E-state index contributed by atoms with van der Waals surface area (Å²) in [6.07, 6.45) is 6.33. The molecule has 1 aliphatic carbocycles. The van der Waals surface area contributed by atoms with E-state index >= 15 is 0 Å². The van der Waals surface area contributed by atoms with Crippen LogP contribution in [0.5, 0.6) is 0 Å². The number of fused-ring (bicyclic) bond motifs is 1. The maximum absolute atomic E-state index is 12.7. The largest absolute Gasteiger partial charge is 0.341 e. The lowest BCUT2D eigenvalue weighted by Gasteiger charge is -2.33. The van der Waals surface area contributed by atoms with Gasteiger partial charge < -0.3 is 10.2 Å². The highest BCUT2D eigenvalue weighted by Gasteiger charge is 2.45. The van der Waals surface area contributed by atoms with E-state index in [0.717, 1.165) is 42.5 Å². The lowest BCUT2D eigenvalue weighted by Crippen LogP contribution is -2.49. The van der Waals surface area contributed by atoms with Gasteiger partial charge in [-0.25, -0.2) is 0 Å². The number of piperidine rings is 1. The second-order valence-electron chi connectivity index (χ2n) is 8.57. The van der Waals surface area contributed by atoms with Crippen molar-refractivity contribution in [3.63, 3.8) is 0 Å². The first-order valence-electron chi connectivity index (χ1n) is 10.5. The molecule has 0 bridgehead atoms. The van der Waals surface area contributed by atoms with Crippen LogP contribution >= 0.6 is 0 Å². The zero-order valence-electron chi connectivity index (χ0n) is 17.0. The molecule has 1 saturated heterocycles. The Morgan fingerprint density at radius 1 is 1.10 bits per heavy atom. The average molecular weight is 403 g/mol. The number of nitrogens with one attached hydrogen (secondary N) is 2. The van der Waals surface area contributed by atoms with Crippen LogP contribution in [0.1, 0.15) is 43.0 Å². The Labute approximate surface area is 174 Å². The number of hydrogen-bond acceptors (Lipinski definition) is 4. The maximum atomic E-state index is 12.7. The highest BCUT2D eigenvalue weighted by molar-refractivity contribution is 5.98. The molecule has 3 aromatic rings. The fourth-order valence-corrected chi connectivity index (χ4v) is 4.32. The molecule has 2 aliphatic rings. The molecule has 0 radical (unpaired) electrons. The smallest absolute Gasteiger partial charge is 0.253 e. The van der Waals surface area contributed by atoms with Gasteiger partial charge in [0.2, 0.25) is 5.91 Å². The number of rotatable bonds is 4. The van der Waals surface area contributed by atoms with Crippen LogP contribution in [0.4, 0.5) is 0 Å². The molecule has 1 aromatic carbocycles. The van der Waals surface area contributed by atoms with E-state index in [4.69, 9.17) is 0 Å². The molecule has 7 nitrogen and oxygen atoms in total. The molecule has 1 spiro atoms. The summed E-state index contributed by atoms with van der Waals surface area (Å²) in [7, 11) is 0. The predicted molar refractivity (Wildman–Crippen MR) is 114 cm³/mol. The number of carbonyl (C=O) groups is 2. The first kappa shape index (κ1) is 18.8. The highest BCUT2D eigenvalue weighted by Crippen LogP contribution is 2.53. The standard InChI is InChI=1S/C23H25N5O2/c1-15(22(30)28-12-10-23(8-9-23)11-13-28)25-21(29)16-6-7-19(24-14-16)20-17-4-2-3-5-18(17)26-27-20/h2-7,14-15H,8-13H2,1H3,(H,25,29)(H,26,27)/t15-/m0/s1. The number of para-hydroxylation sites is 1. The molecule has 2 fully saturated rings. The van der Waals surface area contributed by atoms with E-state index in [1.54, 1.807) is 19.1 Å². The summed E-state index contributed by atoms with van der Waals surface area (Å²) < 4.78 is 0. The van der Waals surface area contributed by atoms with Gasteiger partial charge in [-0.2, -0.15) is 5.10 Å². The van der Waals surface area contributed by atoms with Gasteiger partial charge in [0.1, 0.15) is 6.04 Å². The van der Waals surface area contributed by atoms with Gasteiger partial charge in [-0.1, -0.05) is 18.2 Å². The lowest BCUT2D eigenvalue weighted by atomic mass is 9.93. The molecule has 154 valence electrons. The van der Waals surface area contributed by atoms with Crippen molar-refractivity contribution in [2.75, 3.05) is 13.1 Å². The van der Waals surface area contributed by atoms with Gasteiger partial charge in [0.05, 0.1) is 22.5 Å². The predicted octanol–water partition coefficient (Wildman–Crippen LogP) is 3.15. The second kappa shape index (κ2) is 7.23. The van der Waals surface area contributed by atoms with Crippen molar-refractivity contribution in [1.29, 1.82) is 0 Å². The third-order valence-corrected chi connectivity index (χ3v) is 6.55. The Balaban J connectivity index is 1.23.